The third-order valence-electron chi connectivity index (χ3n) is 2.48. The number of amides is 1. The summed E-state index contributed by atoms with van der Waals surface area (Å²) >= 11 is 0. The van der Waals surface area contributed by atoms with E-state index < -0.39 is 5.60 Å². The lowest BCUT2D eigenvalue weighted by atomic mass is 10.2. The first-order chi connectivity index (χ1) is 8.90. The molecule has 0 aliphatic heterocycles. The molecule has 0 aliphatic rings. The molecule has 1 heterocycles. The molecule has 19 heavy (non-hydrogen) atoms. The molecule has 0 unspecified atom stereocenters. The Morgan fingerprint density at radius 3 is 2.68 bits per heavy atom. The number of nitrogens with zero attached hydrogens (tertiary/aromatic N) is 1. The van der Waals surface area contributed by atoms with Gasteiger partial charge in [0.15, 0.2) is 0 Å². The summed E-state index contributed by atoms with van der Waals surface area (Å²) in [5, 5.41) is 5.99. The lowest BCUT2D eigenvalue weighted by Gasteiger charge is -2.19. The third-order valence-corrected chi connectivity index (χ3v) is 2.48. The average Bonchev–Trinajstić information content (AvgIpc) is 2.74. The van der Waals surface area contributed by atoms with E-state index >= 15 is 0 Å². The highest BCUT2D eigenvalue weighted by Crippen LogP contribution is 2.06. The summed E-state index contributed by atoms with van der Waals surface area (Å²) in [5.41, 5.74) is 0.805. The number of alkyl carbamates (subject to hydrolysis) is 1. The first kappa shape index (κ1) is 15.6. The summed E-state index contributed by atoms with van der Waals surface area (Å²) in [4.78, 5) is 11.4. The van der Waals surface area contributed by atoms with E-state index in [9.17, 15) is 4.79 Å². The monoisotopic (exact) mass is 267 g/mol. The van der Waals surface area contributed by atoms with Gasteiger partial charge in [-0.3, -0.25) is 0 Å². The summed E-state index contributed by atoms with van der Waals surface area (Å²) in [6.07, 6.45) is 3.82. The van der Waals surface area contributed by atoms with Gasteiger partial charge in [-0.1, -0.05) is 0 Å². The maximum atomic E-state index is 11.4. The number of nitrogens with one attached hydrogen (secondary N) is 2. The van der Waals surface area contributed by atoms with Crippen LogP contribution in [-0.2, 0) is 17.8 Å². The molecule has 1 amide bonds. The van der Waals surface area contributed by atoms with Gasteiger partial charge in [0.25, 0.3) is 0 Å². The van der Waals surface area contributed by atoms with Crippen LogP contribution in [0.1, 0.15) is 33.3 Å². The van der Waals surface area contributed by atoms with Crippen LogP contribution >= 0.6 is 0 Å². The Morgan fingerprint density at radius 2 is 2.11 bits per heavy atom. The maximum absolute atomic E-state index is 11.4. The SMILES string of the molecule is CCn1ccc(CNCCNC(=O)OC(C)(C)C)c1. The van der Waals surface area contributed by atoms with Gasteiger partial charge in [-0.15, -0.1) is 0 Å². The molecule has 2 N–H and O–H groups in total. The normalized spacial score (nSPS) is 11.4. The van der Waals surface area contributed by atoms with E-state index in [1.807, 2.05) is 20.8 Å². The molecule has 108 valence electrons. The lowest BCUT2D eigenvalue weighted by molar-refractivity contribution is 0.0528. The molecule has 0 atom stereocenters. The van der Waals surface area contributed by atoms with E-state index in [-0.39, 0.29) is 6.09 Å². The molecule has 0 saturated carbocycles. The number of aromatic nitrogens is 1. The first-order valence-corrected chi connectivity index (χ1v) is 6.73. The minimum absolute atomic E-state index is 0.369. The molecule has 0 radical (unpaired) electrons. The van der Waals surface area contributed by atoms with E-state index in [4.69, 9.17) is 4.74 Å². The number of hydrogen-bond donors (Lipinski definition) is 2. The van der Waals surface area contributed by atoms with Crippen molar-refractivity contribution in [2.75, 3.05) is 13.1 Å². The average molecular weight is 267 g/mol. The van der Waals surface area contributed by atoms with Crippen molar-refractivity contribution in [3.63, 3.8) is 0 Å². The predicted octanol–water partition coefficient (Wildman–Crippen LogP) is 2.12. The minimum atomic E-state index is -0.444. The van der Waals surface area contributed by atoms with Crippen molar-refractivity contribution in [1.82, 2.24) is 15.2 Å². The second kappa shape index (κ2) is 7.19. The number of rotatable bonds is 6. The largest absolute Gasteiger partial charge is 0.444 e. The Morgan fingerprint density at radius 1 is 1.37 bits per heavy atom. The van der Waals surface area contributed by atoms with Gasteiger partial charge in [0, 0.05) is 38.6 Å². The zero-order valence-corrected chi connectivity index (χ0v) is 12.3. The highest BCUT2D eigenvalue weighted by Gasteiger charge is 2.15. The molecule has 0 fully saturated rings. The fourth-order valence-electron chi connectivity index (χ4n) is 1.59. The van der Waals surface area contributed by atoms with Gasteiger partial charge in [-0.05, 0) is 39.3 Å². The zero-order chi connectivity index (χ0) is 14.3. The summed E-state index contributed by atoms with van der Waals surface area (Å²) in [6, 6.07) is 2.10. The molecular weight excluding hydrogens is 242 g/mol. The molecule has 0 aliphatic carbocycles. The standard InChI is InChI=1S/C14H25N3O2/c1-5-17-9-6-12(11-17)10-15-7-8-16-13(18)19-14(2,3)4/h6,9,11,15H,5,7-8,10H2,1-4H3,(H,16,18). The molecule has 0 bridgehead atoms. The first-order valence-electron chi connectivity index (χ1n) is 6.73. The quantitative estimate of drug-likeness (QED) is 0.776. The van der Waals surface area contributed by atoms with E-state index in [0.717, 1.165) is 19.6 Å². The van der Waals surface area contributed by atoms with Gasteiger partial charge in [-0.25, -0.2) is 4.79 Å². The third kappa shape index (κ3) is 6.86. The van der Waals surface area contributed by atoms with Crippen LogP contribution in [0.4, 0.5) is 4.79 Å². The molecule has 0 saturated heterocycles. The van der Waals surface area contributed by atoms with Gasteiger partial charge in [0.2, 0.25) is 0 Å². The van der Waals surface area contributed by atoms with Crippen molar-refractivity contribution in [3.05, 3.63) is 24.0 Å². The van der Waals surface area contributed by atoms with Gasteiger partial charge >= 0.3 is 6.09 Å². The number of carbonyl (C=O) groups is 1. The van der Waals surface area contributed by atoms with Gasteiger partial charge < -0.3 is 19.9 Å². The molecule has 0 spiro atoms. The molecule has 0 aromatic carbocycles. The van der Waals surface area contributed by atoms with Crippen molar-refractivity contribution in [2.24, 2.45) is 0 Å². The van der Waals surface area contributed by atoms with Crippen LogP contribution in [0.15, 0.2) is 18.5 Å². The lowest BCUT2D eigenvalue weighted by Crippen LogP contribution is -2.36. The molecule has 5 nitrogen and oxygen atoms in total. The van der Waals surface area contributed by atoms with Gasteiger partial charge in [0.1, 0.15) is 5.60 Å². The van der Waals surface area contributed by atoms with Crippen LogP contribution in [0, 0.1) is 0 Å². The fourth-order valence-corrected chi connectivity index (χ4v) is 1.59. The Labute approximate surface area is 115 Å². The van der Waals surface area contributed by atoms with Crippen LogP contribution in [0.25, 0.3) is 0 Å². The number of aryl methyl sites for hydroxylation is 1. The highest BCUT2D eigenvalue weighted by molar-refractivity contribution is 5.67. The summed E-state index contributed by atoms with van der Waals surface area (Å²) in [5.74, 6) is 0. The summed E-state index contributed by atoms with van der Waals surface area (Å²) < 4.78 is 7.27. The predicted molar refractivity (Wildman–Crippen MR) is 76.0 cm³/mol. The number of hydrogen-bond acceptors (Lipinski definition) is 3. The summed E-state index contributed by atoms with van der Waals surface area (Å²) in [7, 11) is 0. The zero-order valence-electron chi connectivity index (χ0n) is 12.3. The van der Waals surface area contributed by atoms with Crippen LogP contribution < -0.4 is 10.6 Å². The number of carbonyl (C=O) groups excluding carboxylic acids is 1. The molecular formula is C14H25N3O2. The van der Waals surface area contributed by atoms with Crippen molar-refractivity contribution < 1.29 is 9.53 Å². The number of ether oxygens (including phenoxy) is 1. The van der Waals surface area contributed by atoms with Crippen LogP contribution in [0.3, 0.4) is 0 Å². The molecule has 1 aromatic heterocycles. The van der Waals surface area contributed by atoms with Crippen LogP contribution in [0.5, 0.6) is 0 Å². The topological polar surface area (TPSA) is 55.3 Å². The Balaban J connectivity index is 2.09. The second-order valence-corrected chi connectivity index (χ2v) is 5.46. The second-order valence-electron chi connectivity index (χ2n) is 5.46. The van der Waals surface area contributed by atoms with Crippen LogP contribution in [0.2, 0.25) is 0 Å². The highest BCUT2D eigenvalue weighted by atomic mass is 16.6. The maximum Gasteiger partial charge on any atom is 0.407 e. The minimum Gasteiger partial charge on any atom is -0.444 e. The fraction of sp³-hybridized carbons (Fsp3) is 0.643. The Hall–Kier alpha value is -1.49. The van der Waals surface area contributed by atoms with Gasteiger partial charge in [0.05, 0.1) is 0 Å². The van der Waals surface area contributed by atoms with E-state index in [1.165, 1.54) is 5.56 Å². The summed E-state index contributed by atoms with van der Waals surface area (Å²) in [6.45, 7) is 10.7. The molecule has 5 heteroatoms. The van der Waals surface area contributed by atoms with Crippen molar-refractivity contribution in [2.45, 2.75) is 46.4 Å². The van der Waals surface area contributed by atoms with E-state index in [1.54, 1.807) is 0 Å². The smallest absolute Gasteiger partial charge is 0.407 e. The van der Waals surface area contributed by atoms with Crippen LogP contribution in [-0.4, -0.2) is 29.4 Å². The van der Waals surface area contributed by atoms with Gasteiger partial charge in [-0.2, -0.15) is 0 Å². The van der Waals surface area contributed by atoms with Crippen molar-refractivity contribution >= 4 is 6.09 Å². The molecule has 1 rings (SSSR count). The van der Waals surface area contributed by atoms with Crippen molar-refractivity contribution in [3.8, 4) is 0 Å². The Kier molecular flexibility index (Phi) is 5.89. The van der Waals surface area contributed by atoms with E-state index in [0.29, 0.717) is 6.54 Å². The molecule has 1 aromatic rings. The van der Waals surface area contributed by atoms with E-state index in [2.05, 4.69) is 40.6 Å². The Bertz CT molecular complexity index is 394. The van der Waals surface area contributed by atoms with Crippen molar-refractivity contribution in [1.29, 1.82) is 0 Å².